The van der Waals surface area contributed by atoms with Gasteiger partial charge in [0.25, 0.3) is 0 Å². The van der Waals surface area contributed by atoms with Crippen LogP contribution in [0.2, 0.25) is 0 Å². The average Bonchev–Trinajstić information content (AvgIpc) is 2.25. The number of ketones is 1. The van der Waals surface area contributed by atoms with E-state index in [0.29, 0.717) is 0 Å². The van der Waals surface area contributed by atoms with Crippen molar-refractivity contribution in [1.29, 1.82) is 5.26 Å². The number of rotatable bonds is 3. The van der Waals surface area contributed by atoms with Gasteiger partial charge in [0.15, 0.2) is 5.78 Å². The molecular weight excluding hydrogens is 213 g/mol. The predicted molar refractivity (Wildman–Crippen MR) is 52.1 cm³/mol. The number of halogens is 1. The van der Waals surface area contributed by atoms with E-state index in [-0.39, 0.29) is 16.9 Å². The fourth-order valence-electron chi connectivity index (χ4n) is 0.995. The monoisotopic (exact) mass is 221 g/mol. The number of hydrogen-bond acceptors (Lipinski definition) is 4. The van der Waals surface area contributed by atoms with E-state index < -0.39 is 18.4 Å². The van der Waals surface area contributed by atoms with Gasteiger partial charge in [-0.05, 0) is 25.1 Å². The van der Waals surface area contributed by atoms with Crippen molar-refractivity contribution in [3.63, 3.8) is 0 Å². The van der Waals surface area contributed by atoms with Gasteiger partial charge in [0, 0.05) is 0 Å². The van der Waals surface area contributed by atoms with E-state index in [0.717, 1.165) is 12.1 Å². The molecule has 0 bridgehead atoms. The van der Waals surface area contributed by atoms with Crippen LogP contribution in [0.1, 0.15) is 22.8 Å². The molecule has 0 fully saturated rings. The fourth-order valence-corrected chi connectivity index (χ4v) is 0.995. The first-order chi connectivity index (χ1) is 7.54. The van der Waals surface area contributed by atoms with Crippen LogP contribution >= 0.6 is 0 Å². The molecule has 1 aromatic rings. The number of carbonyl (C=O) groups is 2. The van der Waals surface area contributed by atoms with E-state index in [4.69, 9.17) is 5.26 Å². The molecule has 1 aromatic carbocycles. The molecule has 0 radical (unpaired) electrons. The van der Waals surface area contributed by atoms with Crippen LogP contribution < -0.4 is 0 Å². The Bertz CT molecular complexity index is 477. The Balaban J connectivity index is 2.85. The first-order valence-electron chi connectivity index (χ1n) is 4.41. The minimum absolute atomic E-state index is 0.112. The lowest BCUT2D eigenvalue weighted by atomic mass is 10.1. The van der Waals surface area contributed by atoms with Gasteiger partial charge >= 0.3 is 5.97 Å². The first-order valence-corrected chi connectivity index (χ1v) is 4.41. The maximum absolute atomic E-state index is 13.3. The SMILES string of the molecule is CC(=O)COC(=O)c1ccc(C#N)cc1F. The van der Waals surface area contributed by atoms with Crippen molar-refractivity contribution in [2.45, 2.75) is 6.92 Å². The Labute approximate surface area is 91.3 Å². The normalized spacial score (nSPS) is 9.31. The molecule has 0 saturated carbocycles. The van der Waals surface area contributed by atoms with Crippen LogP contribution in [0.15, 0.2) is 18.2 Å². The third kappa shape index (κ3) is 2.89. The first kappa shape index (κ1) is 11.9. The van der Waals surface area contributed by atoms with Gasteiger partial charge in [-0.1, -0.05) is 0 Å². The molecule has 0 spiro atoms. The summed E-state index contributed by atoms with van der Waals surface area (Å²) < 4.78 is 17.8. The standard InChI is InChI=1S/C11H8FNO3/c1-7(14)6-16-11(15)9-3-2-8(5-13)4-10(9)12/h2-4H,6H2,1H3. The molecule has 0 atom stereocenters. The number of hydrogen-bond donors (Lipinski definition) is 0. The molecule has 0 amide bonds. The van der Waals surface area contributed by atoms with Gasteiger partial charge in [0.2, 0.25) is 0 Å². The van der Waals surface area contributed by atoms with E-state index in [1.165, 1.54) is 13.0 Å². The molecule has 0 heterocycles. The van der Waals surface area contributed by atoms with Crippen LogP contribution in [0, 0.1) is 17.1 Å². The van der Waals surface area contributed by atoms with Crippen LogP contribution in [0.4, 0.5) is 4.39 Å². The lowest BCUT2D eigenvalue weighted by molar-refractivity contribution is -0.120. The molecule has 1 rings (SSSR count). The van der Waals surface area contributed by atoms with Crippen molar-refractivity contribution in [2.75, 3.05) is 6.61 Å². The molecule has 4 nitrogen and oxygen atoms in total. The highest BCUT2D eigenvalue weighted by molar-refractivity contribution is 5.91. The van der Waals surface area contributed by atoms with Gasteiger partial charge < -0.3 is 4.74 Å². The van der Waals surface area contributed by atoms with Gasteiger partial charge in [-0.2, -0.15) is 5.26 Å². The fraction of sp³-hybridized carbons (Fsp3) is 0.182. The highest BCUT2D eigenvalue weighted by Crippen LogP contribution is 2.11. The van der Waals surface area contributed by atoms with E-state index in [1.807, 2.05) is 0 Å². The predicted octanol–water partition coefficient (Wildman–Crippen LogP) is 1.44. The third-order valence-electron chi connectivity index (χ3n) is 1.72. The summed E-state index contributed by atoms with van der Waals surface area (Å²) in [6.07, 6.45) is 0. The van der Waals surface area contributed by atoms with Crippen molar-refractivity contribution in [3.05, 3.63) is 35.1 Å². The molecule has 0 aliphatic heterocycles. The number of nitrogens with zero attached hydrogens (tertiary/aromatic N) is 1. The highest BCUT2D eigenvalue weighted by atomic mass is 19.1. The number of carbonyl (C=O) groups excluding carboxylic acids is 2. The van der Waals surface area contributed by atoms with Crippen LogP contribution in [-0.2, 0) is 9.53 Å². The second kappa shape index (κ2) is 5.03. The quantitative estimate of drug-likeness (QED) is 0.724. The van der Waals surface area contributed by atoms with Crippen molar-refractivity contribution in [2.24, 2.45) is 0 Å². The molecule has 0 aliphatic carbocycles. The molecular formula is C11H8FNO3. The van der Waals surface area contributed by atoms with E-state index >= 15 is 0 Å². The van der Waals surface area contributed by atoms with Gasteiger partial charge in [-0.15, -0.1) is 0 Å². The highest BCUT2D eigenvalue weighted by Gasteiger charge is 2.14. The van der Waals surface area contributed by atoms with E-state index in [2.05, 4.69) is 4.74 Å². The summed E-state index contributed by atoms with van der Waals surface area (Å²) in [4.78, 5) is 21.8. The van der Waals surface area contributed by atoms with Crippen molar-refractivity contribution in [1.82, 2.24) is 0 Å². The van der Waals surface area contributed by atoms with Crippen molar-refractivity contribution in [3.8, 4) is 6.07 Å². The Morgan fingerprint density at radius 3 is 2.69 bits per heavy atom. The Morgan fingerprint density at radius 2 is 2.19 bits per heavy atom. The smallest absolute Gasteiger partial charge is 0.341 e. The summed E-state index contributed by atoms with van der Waals surface area (Å²) in [5.41, 5.74) is -0.180. The van der Waals surface area contributed by atoms with Gasteiger partial charge in [0.1, 0.15) is 12.4 Å². The average molecular weight is 221 g/mol. The summed E-state index contributed by atoms with van der Waals surface area (Å²) in [7, 11) is 0. The molecule has 0 aliphatic rings. The molecule has 0 unspecified atom stereocenters. The number of nitriles is 1. The Hall–Kier alpha value is -2.22. The minimum atomic E-state index is -0.919. The topological polar surface area (TPSA) is 67.2 Å². The van der Waals surface area contributed by atoms with Gasteiger partial charge in [-0.3, -0.25) is 4.79 Å². The molecule has 0 aromatic heterocycles. The van der Waals surface area contributed by atoms with Crippen LogP contribution in [0.5, 0.6) is 0 Å². The maximum Gasteiger partial charge on any atom is 0.341 e. The number of benzene rings is 1. The summed E-state index contributed by atoms with van der Waals surface area (Å²) in [6.45, 7) is 0.862. The minimum Gasteiger partial charge on any atom is -0.454 e. The van der Waals surface area contributed by atoms with Crippen LogP contribution in [0.25, 0.3) is 0 Å². The zero-order valence-corrected chi connectivity index (χ0v) is 8.49. The molecule has 16 heavy (non-hydrogen) atoms. The summed E-state index contributed by atoms with van der Waals surface area (Å²) in [5.74, 6) is -2.09. The van der Waals surface area contributed by atoms with E-state index in [9.17, 15) is 14.0 Å². The van der Waals surface area contributed by atoms with Crippen LogP contribution in [-0.4, -0.2) is 18.4 Å². The second-order valence-electron chi connectivity index (χ2n) is 3.08. The lowest BCUT2D eigenvalue weighted by Crippen LogP contribution is -2.12. The molecule has 82 valence electrons. The summed E-state index contributed by atoms with van der Waals surface area (Å²) in [6, 6.07) is 5.12. The number of Topliss-reactive ketones (excluding diaryl/α,β-unsaturated/α-hetero) is 1. The van der Waals surface area contributed by atoms with Gasteiger partial charge in [0.05, 0.1) is 17.2 Å². The zero-order chi connectivity index (χ0) is 12.1. The Kier molecular flexibility index (Phi) is 3.72. The summed E-state index contributed by atoms with van der Waals surface area (Å²) in [5, 5.41) is 8.49. The molecule has 0 saturated heterocycles. The number of ether oxygens (including phenoxy) is 1. The lowest BCUT2D eigenvalue weighted by Gasteiger charge is -2.03. The van der Waals surface area contributed by atoms with E-state index in [1.54, 1.807) is 6.07 Å². The largest absolute Gasteiger partial charge is 0.454 e. The Morgan fingerprint density at radius 1 is 1.50 bits per heavy atom. The maximum atomic E-state index is 13.3. The van der Waals surface area contributed by atoms with Crippen molar-refractivity contribution >= 4 is 11.8 Å². The molecule has 5 heteroatoms. The van der Waals surface area contributed by atoms with Crippen molar-refractivity contribution < 1.29 is 18.7 Å². The second-order valence-corrected chi connectivity index (χ2v) is 3.08. The van der Waals surface area contributed by atoms with Crippen LogP contribution in [0.3, 0.4) is 0 Å². The number of esters is 1. The molecule has 0 N–H and O–H groups in total. The zero-order valence-electron chi connectivity index (χ0n) is 8.49. The summed E-state index contributed by atoms with van der Waals surface area (Å²) >= 11 is 0. The van der Waals surface area contributed by atoms with Gasteiger partial charge in [-0.25, -0.2) is 9.18 Å². The third-order valence-corrected chi connectivity index (χ3v) is 1.72.